The average molecular weight is 479 g/mol. The van der Waals surface area contributed by atoms with Gasteiger partial charge in [-0.1, -0.05) is 69.2 Å². The van der Waals surface area contributed by atoms with Crippen molar-refractivity contribution in [3.63, 3.8) is 0 Å². The van der Waals surface area contributed by atoms with Crippen LogP contribution < -0.4 is 5.32 Å². The Balaban J connectivity index is 1.29. The molecule has 0 aliphatic carbocycles. The van der Waals surface area contributed by atoms with Gasteiger partial charge in [0.05, 0.1) is 12.2 Å². The van der Waals surface area contributed by atoms with Crippen LogP contribution in [0.2, 0.25) is 0 Å². The molecule has 2 aromatic carbocycles. The van der Waals surface area contributed by atoms with Crippen molar-refractivity contribution < 1.29 is 9.32 Å². The molecule has 0 bridgehead atoms. The Hall–Kier alpha value is -2.64. The van der Waals surface area contributed by atoms with E-state index in [1.54, 1.807) is 11.8 Å². The largest absolute Gasteiger partial charge is 0.338 e. The molecule has 1 amide bonds. The van der Waals surface area contributed by atoms with Gasteiger partial charge in [0.2, 0.25) is 17.6 Å². The lowest BCUT2D eigenvalue weighted by Gasteiger charge is -2.30. The van der Waals surface area contributed by atoms with Gasteiger partial charge in [-0.05, 0) is 54.8 Å². The highest BCUT2D eigenvalue weighted by molar-refractivity contribution is 7.99. The summed E-state index contributed by atoms with van der Waals surface area (Å²) in [6.45, 7) is 11.0. The zero-order chi connectivity index (χ0) is 24.1. The summed E-state index contributed by atoms with van der Waals surface area (Å²) in [5.41, 5.74) is 3.26. The second-order valence-corrected chi connectivity index (χ2v) is 11.1. The molecule has 0 saturated carbocycles. The molecule has 0 unspecified atom stereocenters. The van der Waals surface area contributed by atoms with Crippen molar-refractivity contribution in [2.75, 3.05) is 24.2 Å². The Kier molecular flexibility index (Phi) is 7.73. The number of aromatic nitrogens is 2. The van der Waals surface area contributed by atoms with E-state index in [0.717, 1.165) is 47.8 Å². The first-order valence-corrected chi connectivity index (χ1v) is 13.0. The topological polar surface area (TPSA) is 71.3 Å². The summed E-state index contributed by atoms with van der Waals surface area (Å²) in [5, 5.41) is 7.32. The number of likely N-dealkylation sites (tertiary alicyclic amines) is 1. The summed E-state index contributed by atoms with van der Waals surface area (Å²) in [7, 11) is 0. The number of carbonyl (C=O) groups is 1. The first-order valence-electron chi connectivity index (χ1n) is 12.0. The summed E-state index contributed by atoms with van der Waals surface area (Å²) in [5.74, 6) is 2.35. The first-order chi connectivity index (χ1) is 16.3. The van der Waals surface area contributed by atoms with E-state index in [4.69, 9.17) is 4.52 Å². The zero-order valence-corrected chi connectivity index (χ0v) is 21.3. The van der Waals surface area contributed by atoms with E-state index in [1.165, 1.54) is 5.56 Å². The number of amides is 1. The molecule has 1 aliphatic rings. The molecular formula is C27H34N4O2S. The fourth-order valence-electron chi connectivity index (χ4n) is 4.19. The van der Waals surface area contributed by atoms with Crippen LogP contribution in [-0.4, -0.2) is 39.8 Å². The van der Waals surface area contributed by atoms with Crippen molar-refractivity contribution >= 4 is 23.4 Å². The van der Waals surface area contributed by atoms with Crippen molar-refractivity contribution in [3.8, 4) is 11.4 Å². The molecule has 2 heterocycles. The average Bonchev–Trinajstić information content (AvgIpc) is 3.29. The number of para-hydroxylation sites is 1. The summed E-state index contributed by atoms with van der Waals surface area (Å²) >= 11 is 1.75. The number of hydrogen-bond donors (Lipinski definition) is 1. The molecule has 1 fully saturated rings. The van der Waals surface area contributed by atoms with Crippen LogP contribution in [0.3, 0.4) is 0 Å². The number of hydrogen-bond acceptors (Lipinski definition) is 6. The predicted octanol–water partition coefficient (Wildman–Crippen LogP) is 6.00. The highest BCUT2D eigenvalue weighted by atomic mass is 32.2. The van der Waals surface area contributed by atoms with Crippen LogP contribution in [0.15, 0.2) is 57.9 Å². The number of benzene rings is 2. The second-order valence-electron chi connectivity index (χ2n) is 9.81. The molecule has 1 aliphatic heterocycles. The van der Waals surface area contributed by atoms with E-state index in [0.29, 0.717) is 18.3 Å². The van der Waals surface area contributed by atoms with Crippen LogP contribution in [0, 0.1) is 5.92 Å². The van der Waals surface area contributed by atoms with E-state index in [2.05, 4.69) is 78.4 Å². The van der Waals surface area contributed by atoms with E-state index < -0.39 is 0 Å². The van der Waals surface area contributed by atoms with Gasteiger partial charge in [0, 0.05) is 16.4 Å². The van der Waals surface area contributed by atoms with Gasteiger partial charge in [-0.3, -0.25) is 9.69 Å². The van der Waals surface area contributed by atoms with Crippen molar-refractivity contribution in [2.45, 2.75) is 57.4 Å². The molecule has 180 valence electrons. The maximum Gasteiger partial charge on any atom is 0.241 e. The molecule has 1 saturated heterocycles. The highest BCUT2D eigenvalue weighted by Gasteiger charge is 2.26. The van der Waals surface area contributed by atoms with Gasteiger partial charge < -0.3 is 9.84 Å². The Morgan fingerprint density at radius 1 is 1.12 bits per heavy atom. The van der Waals surface area contributed by atoms with Crippen molar-refractivity contribution in [3.05, 3.63) is 60.0 Å². The fraction of sp³-hybridized carbons (Fsp3) is 0.444. The minimum Gasteiger partial charge on any atom is -0.338 e. The van der Waals surface area contributed by atoms with Crippen LogP contribution >= 0.6 is 11.8 Å². The van der Waals surface area contributed by atoms with Gasteiger partial charge in [0.25, 0.3) is 0 Å². The van der Waals surface area contributed by atoms with E-state index >= 15 is 0 Å². The molecule has 0 spiro atoms. The molecule has 3 aromatic rings. The second kappa shape index (κ2) is 10.7. The van der Waals surface area contributed by atoms with Gasteiger partial charge >= 0.3 is 0 Å². The van der Waals surface area contributed by atoms with Gasteiger partial charge in [0.1, 0.15) is 0 Å². The molecule has 7 heteroatoms. The number of thioether (sulfide) groups is 1. The van der Waals surface area contributed by atoms with Gasteiger partial charge in [0.15, 0.2) is 0 Å². The molecule has 34 heavy (non-hydrogen) atoms. The number of piperidine rings is 1. The smallest absolute Gasteiger partial charge is 0.241 e. The van der Waals surface area contributed by atoms with Crippen LogP contribution in [0.1, 0.15) is 52.0 Å². The maximum atomic E-state index is 12.9. The monoisotopic (exact) mass is 478 g/mol. The third kappa shape index (κ3) is 6.07. The molecule has 1 aromatic heterocycles. The summed E-state index contributed by atoms with van der Waals surface area (Å²) < 4.78 is 5.52. The van der Waals surface area contributed by atoms with Crippen molar-refractivity contribution in [1.82, 2.24) is 15.0 Å². The molecular weight excluding hydrogens is 444 g/mol. The lowest BCUT2D eigenvalue weighted by atomic mass is 9.87. The third-order valence-corrected chi connectivity index (χ3v) is 7.19. The Bertz CT molecular complexity index is 1100. The molecule has 1 N–H and O–H groups in total. The Morgan fingerprint density at radius 3 is 2.50 bits per heavy atom. The van der Waals surface area contributed by atoms with Crippen molar-refractivity contribution in [2.24, 2.45) is 5.92 Å². The molecule has 0 radical (unpaired) electrons. The number of nitrogens with zero attached hydrogens (tertiary/aromatic N) is 3. The predicted molar refractivity (Wildman–Crippen MR) is 138 cm³/mol. The van der Waals surface area contributed by atoms with Crippen LogP contribution in [-0.2, 0) is 16.8 Å². The summed E-state index contributed by atoms with van der Waals surface area (Å²) in [6, 6.07) is 16.4. The molecule has 0 atom stereocenters. The zero-order valence-electron chi connectivity index (χ0n) is 20.5. The minimum atomic E-state index is 0.0236. The summed E-state index contributed by atoms with van der Waals surface area (Å²) in [4.78, 5) is 20.9. The lowest BCUT2D eigenvalue weighted by molar-refractivity contribution is -0.121. The van der Waals surface area contributed by atoms with Gasteiger partial charge in [-0.2, -0.15) is 4.98 Å². The number of nitrogens with one attached hydrogen (secondary N) is 1. The van der Waals surface area contributed by atoms with Gasteiger partial charge in [-0.25, -0.2) is 0 Å². The minimum absolute atomic E-state index is 0.0236. The quantitative estimate of drug-likeness (QED) is 0.420. The standard InChI is InChI=1S/C27H34N4O2S/c1-5-34-23-9-7-6-8-22(23)28-26(32)20-14-16-31(17-15-20)18-24-29-25(30-33-24)19-10-12-21(13-11-19)27(2,3)4/h6-13,20H,5,14-18H2,1-4H3,(H,28,32). The van der Waals surface area contributed by atoms with E-state index in [-0.39, 0.29) is 17.2 Å². The van der Waals surface area contributed by atoms with E-state index in [1.807, 2.05) is 18.2 Å². The number of rotatable bonds is 7. The van der Waals surface area contributed by atoms with Crippen molar-refractivity contribution in [1.29, 1.82) is 0 Å². The number of carbonyl (C=O) groups excluding carboxylic acids is 1. The van der Waals surface area contributed by atoms with Crippen LogP contribution in [0.25, 0.3) is 11.4 Å². The SMILES string of the molecule is CCSc1ccccc1NC(=O)C1CCN(Cc2nc(-c3ccc(C(C)(C)C)cc3)no2)CC1. The first kappa shape index (κ1) is 24.5. The molecule has 4 rings (SSSR count). The Labute approximate surface area is 206 Å². The maximum absolute atomic E-state index is 12.9. The third-order valence-electron chi connectivity index (χ3n) is 6.24. The highest BCUT2D eigenvalue weighted by Crippen LogP contribution is 2.29. The fourth-order valence-corrected chi connectivity index (χ4v) is 4.95. The lowest BCUT2D eigenvalue weighted by Crippen LogP contribution is -2.37. The van der Waals surface area contributed by atoms with Gasteiger partial charge in [-0.15, -0.1) is 11.8 Å². The van der Waals surface area contributed by atoms with Crippen LogP contribution in [0.4, 0.5) is 5.69 Å². The summed E-state index contributed by atoms with van der Waals surface area (Å²) in [6.07, 6.45) is 1.65. The van der Waals surface area contributed by atoms with E-state index in [9.17, 15) is 4.79 Å². The van der Waals surface area contributed by atoms with Crippen LogP contribution in [0.5, 0.6) is 0 Å². The Morgan fingerprint density at radius 2 is 1.82 bits per heavy atom. The number of anilines is 1. The normalized spacial score (nSPS) is 15.4. The molecule has 6 nitrogen and oxygen atoms in total.